The van der Waals surface area contributed by atoms with E-state index < -0.39 is 47.2 Å². The molecule has 0 aliphatic carbocycles. The lowest BCUT2D eigenvalue weighted by Crippen LogP contribution is -2.40. The molecule has 3 aliphatic rings. The Hall–Kier alpha value is -2.35. The molecule has 3 aliphatic heterocycles. The molecule has 0 saturated carbocycles. The lowest BCUT2D eigenvalue weighted by molar-refractivity contribution is -0.151. The number of esters is 1. The van der Waals surface area contributed by atoms with Gasteiger partial charge in [0.25, 0.3) is 0 Å². The first-order valence-electron chi connectivity index (χ1n) is 8.29. The van der Waals surface area contributed by atoms with E-state index in [1.54, 1.807) is 19.1 Å². The highest BCUT2D eigenvalue weighted by molar-refractivity contribution is 6.02. The van der Waals surface area contributed by atoms with Gasteiger partial charge in [-0.3, -0.25) is 9.59 Å². The zero-order valence-electron chi connectivity index (χ0n) is 13.8. The molecule has 2 saturated heterocycles. The number of rotatable bonds is 3. The molecule has 5 nitrogen and oxygen atoms in total. The van der Waals surface area contributed by atoms with Gasteiger partial charge >= 0.3 is 12.1 Å². The van der Waals surface area contributed by atoms with Gasteiger partial charge in [0.15, 0.2) is 0 Å². The monoisotopic (exact) mass is 367 g/mol. The molecule has 1 amide bonds. The van der Waals surface area contributed by atoms with Crippen molar-refractivity contribution in [1.82, 2.24) is 0 Å². The molecular formula is C18H16F3NO4. The maximum absolute atomic E-state index is 13.0. The van der Waals surface area contributed by atoms with E-state index in [9.17, 15) is 22.8 Å². The summed E-state index contributed by atoms with van der Waals surface area (Å²) in [6.45, 7) is 1.92. The predicted octanol–water partition coefficient (Wildman–Crippen LogP) is 2.55. The summed E-state index contributed by atoms with van der Waals surface area (Å²) in [7, 11) is 0. The molecule has 0 N–H and O–H groups in total. The topological polar surface area (TPSA) is 55.8 Å². The third-order valence-electron chi connectivity index (χ3n) is 5.14. The van der Waals surface area contributed by atoms with Crippen LogP contribution in [0.3, 0.4) is 0 Å². The third-order valence-corrected chi connectivity index (χ3v) is 5.14. The van der Waals surface area contributed by atoms with E-state index in [0.29, 0.717) is 0 Å². The number of carbonyl (C=O) groups is 2. The normalized spacial score (nSPS) is 32.2. The number of benzene rings is 1. The Bertz CT molecular complexity index is 806. The lowest BCUT2D eigenvalue weighted by atomic mass is 9.77. The van der Waals surface area contributed by atoms with Crippen LogP contribution in [0.15, 0.2) is 36.4 Å². The van der Waals surface area contributed by atoms with Gasteiger partial charge in [-0.2, -0.15) is 13.2 Å². The molecular weight excluding hydrogens is 351 g/mol. The molecule has 3 heterocycles. The number of ether oxygens (including phenoxy) is 2. The van der Waals surface area contributed by atoms with Crippen molar-refractivity contribution in [3.63, 3.8) is 0 Å². The minimum atomic E-state index is -4.50. The van der Waals surface area contributed by atoms with Crippen molar-refractivity contribution in [2.45, 2.75) is 24.8 Å². The van der Waals surface area contributed by atoms with Crippen LogP contribution in [0.1, 0.15) is 12.5 Å². The summed E-state index contributed by atoms with van der Waals surface area (Å²) < 4.78 is 49.9. The van der Waals surface area contributed by atoms with Crippen LogP contribution in [0.4, 0.5) is 18.9 Å². The number of nitrogens with zero attached hydrogens (tertiary/aromatic N) is 1. The maximum Gasteiger partial charge on any atom is 0.416 e. The summed E-state index contributed by atoms with van der Waals surface area (Å²) in [5, 5.41) is 0. The molecule has 0 aromatic heterocycles. The minimum absolute atomic E-state index is 0.0702. The van der Waals surface area contributed by atoms with Gasteiger partial charge in [0.1, 0.15) is 11.5 Å². The number of hydrogen-bond donors (Lipinski definition) is 0. The first kappa shape index (κ1) is 17.1. The summed E-state index contributed by atoms with van der Waals surface area (Å²) in [5.41, 5.74) is -1.69. The van der Waals surface area contributed by atoms with Gasteiger partial charge in [-0.05, 0) is 25.1 Å². The second-order valence-electron chi connectivity index (χ2n) is 6.62. The second-order valence-corrected chi connectivity index (χ2v) is 6.62. The fourth-order valence-electron chi connectivity index (χ4n) is 4.07. The molecule has 4 rings (SSSR count). The maximum atomic E-state index is 13.0. The van der Waals surface area contributed by atoms with E-state index in [4.69, 9.17) is 9.47 Å². The van der Waals surface area contributed by atoms with Gasteiger partial charge < -0.3 is 14.4 Å². The molecule has 1 aromatic rings. The smallest absolute Gasteiger partial charge is 0.416 e. The summed E-state index contributed by atoms with van der Waals surface area (Å²) >= 11 is 0. The van der Waals surface area contributed by atoms with Crippen molar-refractivity contribution in [1.29, 1.82) is 0 Å². The van der Waals surface area contributed by atoms with E-state index in [1.165, 1.54) is 17.0 Å². The molecule has 8 heteroatoms. The second kappa shape index (κ2) is 5.57. The third kappa shape index (κ3) is 2.35. The first-order valence-corrected chi connectivity index (χ1v) is 8.29. The number of hydrogen-bond acceptors (Lipinski definition) is 4. The number of amides is 1. The zero-order chi connectivity index (χ0) is 18.7. The quantitative estimate of drug-likeness (QED) is 0.609. The van der Waals surface area contributed by atoms with Gasteiger partial charge in [-0.15, -0.1) is 0 Å². The molecule has 1 aromatic carbocycles. The van der Waals surface area contributed by atoms with Crippen LogP contribution in [0.5, 0.6) is 0 Å². The highest BCUT2D eigenvalue weighted by Crippen LogP contribution is 2.53. The molecule has 1 spiro atoms. The van der Waals surface area contributed by atoms with Crippen molar-refractivity contribution in [2.75, 3.05) is 18.1 Å². The van der Waals surface area contributed by atoms with E-state index >= 15 is 0 Å². The molecule has 2 fully saturated rings. The predicted molar refractivity (Wildman–Crippen MR) is 84.2 cm³/mol. The Morgan fingerprint density at radius 2 is 2.19 bits per heavy atom. The van der Waals surface area contributed by atoms with Crippen LogP contribution >= 0.6 is 0 Å². The van der Waals surface area contributed by atoms with Gasteiger partial charge in [-0.25, -0.2) is 0 Å². The van der Waals surface area contributed by atoms with Crippen molar-refractivity contribution >= 4 is 17.6 Å². The number of anilines is 1. The number of carbonyl (C=O) groups excluding carboxylic acids is 2. The Morgan fingerprint density at radius 1 is 1.42 bits per heavy atom. The van der Waals surface area contributed by atoms with E-state index in [1.807, 2.05) is 0 Å². The average Bonchev–Trinajstić information content (AvgIpc) is 3.23. The van der Waals surface area contributed by atoms with Gasteiger partial charge in [0.2, 0.25) is 5.91 Å². The van der Waals surface area contributed by atoms with Crippen LogP contribution in [0.2, 0.25) is 0 Å². The molecule has 138 valence electrons. The molecule has 0 radical (unpaired) electrons. The largest absolute Gasteiger partial charge is 0.466 e. The molecule has 2 bridgehead atoms. The highest BCUT2D eigenvalue weighted by atomic mass is 19.4. The van der Waals surface area contributed by atoms with Crippen LogP contribution < -0.4 is 4.90 Å². The lowest BCUT2D eigenvalue weighted by Gasteiger charge is -2.22. The fraction of sp³-hybridized carbons (Fsp3) is 0.444. The van der Waals surface area contributed by atoms with Crippen LogP contribution in [-0.2, 0) is 25.2 Å². The minimum Gasteiger partial charge on any atom is -0.466 e. The van der Waals surface area contributed by atoms with Crippen LogP contribution in [-0.4, -0.2) is 36.7 Å². The molecule has 26 heavy (non-hydrogen) atoms. The highest BCUT2D eigenvalue weighted by Gasteiger charge is 2.67. The average molecular weight is 367 g/mol. The Balaban J connectivity index is 1.68. The Morgan fingerprint density at radius 3 is 2.88 bits per heavy atom. The van der Waals surface area contributed by atoms with Crippen molar-refractivity contribution in [3.8, 4) is 0 Å². The summed E-state index contributed by atoms with van der Waals surface area (Å²) in [6, 6.07) is 4.59. The standard InChI is InChI=1S/C18H16F3NO4/c1-2-25-16(24)13-12-6-7-17(26-12)9-22(15(23)14(13)17)11-5-3-4-10(8-11)18(19,20)21/h3-8,12-14H,2,9H2,1H3/t12-,13-,14-,17+/m0/s1. The number of fused-ring (bicyclic) bond motifs is 1. The van der Waals surface area contributed by atoms with Gasteiger partial charge in [0.05, 0.1) is 30.7 Å². The van der Waals surface area contributed by atoms with Crippen molar-refractivity contribution in [3.05, 3.63) is 42.0 Å². The van der Waals surface area contributed by atoms with Crippen molar-refractivity contribution in [2.24, 2.45) is 11.8 Å². The van der Waals surface area contributed by atoms with Crippen molar-refractivity contribution < 1.29 is 32.2 Å². The van der Waals surface area contributed by atoms with Crippen LogP contribution in [0.25, 0.3) is 0 Å². The van der Waals surface area contributed by atoms with Crippen LogP contribution in [0, 0.1) is 11.8 Å². The van der Waals surface area contributed by atoms with Gasteiger partial charge in [-0.1, -0.05) is 18.2 Å². The summed E-state index contributed by atoms with van der Waals surface area (Å²) in [5.74, 6) is -2.50. The fourth-order valence-corrected chi connectivity index (χ4v) is 4.07. The molecule has 4 atom stereocenters. The Kier molecular flexibility index (Phi) is 3.66. The number of alkyl halides is 3. The van der Waals surface area contributed by atoms with Gasteiger partial charge in [0, 0.05) is 5.69 Å². The number of halogens is 3. The first-order chi connectivity index (χ1) is 12.3. The van der Waals surface area contributed by atoms with E-state index in [-0.39, 0.29) is 18.8 Å². The van der Waals surface area contributed by atoms with E-state index in [2.05, 4.69) is 0 Å². The molecule has 0 unspecified atom stereocenters. The Labute approximate surface area is 147 Å². The van der Waals surface area contributed by atoms with E-state index in [0.717, 1.165) is 12.1 Å². The SMILES string of the molecule is CCOC(=O)[C@H]1[C@@H]2C=C[C@]3(CN(c4cccc(C(F)(F)F)c4)C(=O)[C@H]13)O2. The summed E-state index contributed by atoms with van der Waals surface area (Å²) in [4.78, 5) is 26.5. The zero-order valence-corrected chi connectivity index (χ0v) is 13.8. The summed E-state index contributed by atoms with van der Waals surface area (Å²) in [6.07, 6.45) is -1.58.